The number of nitrogens with zero attached hydrogens (tertiary/aromatic N) is 2. The molecule has 114 valence electrons. The molecule has 1 aliphatic carbocycles. The molecule has 1 saturated heterocycles. The molecule has 0 radical (unpaired) electrons. The predicted octanol–water partition coefficient (Wildman–Crippen LogP) is 1.60. The molecule has 0 aromatic rings. The zero-order chi connectivity index (χ0) is 15.8. The predicted molar refractivity (Wildman–Crippen MR) is 84.2 cm³/mol. The molecule has 21 heavy (non-hydrogen) atoms. The van der Waals surface area contributed by atoms with Crippen LogP contribution < -0.4 is 0 Å². The van der Waals surface area contributed by atoms with E-state index in [0.717, 1.165) is 13.0 Å². The lowest BCUT2D eigenvalue weighted by Crippen LogP contribution is -2.61. The first-order valence-electron chi connectivity index (χ1n) is 7.08. The summed E-state index contributed by atoms with van der Waals surface area (Å²) in [5.41, 5.74) is -0.453. The number of hydrogen-bond acceptors (Lipinski definition) is 4. The zero-order valence-electron chi connectivity index (χ0n) is 12.8. The van der Waals surface area contributed by atoms with Crippen LogP contribution >= 0.6 is 9.24 Å². The maximum atomic E-state index is 12.4. The van der Waals surface area contributed by atoms with E-state index in [1.54, 1.807) is 13.2 Å². The van der Waals surface area contributed by atoms with E-state index in [4.69, 9.17) is 10.1 Å². The molecular formula is C15H22N3O2P. The van der Waals surface area contributed by atoms with Gasteiger partial charge < -0.3 is 9.64 Å². The molecule has 0 amide bonds. The van der Waals surface area contributed by atoms with Crippen LogP contribution in [0.2, 0.25) is 0 Å². The molecule has 5 nitrogen and oxygen atoms in total. The van der Waals surface area contributed by atoms with Crippen molar-refractivity contribution in [3.05, 3.63) is 11.6 Å². The number of piperidine rings is 1. The lowest BCUT2D eigenvalue weighted by Gasteiger charge is -2.53. The van der Waals surface area contributed by atoms with Crippen molar-refractivity contribution >= 4 is 20.9 Å². The number of amidine groups is 1. The van der Waals surface area contributed by atoms with Crippen LogP contribution in [0.5, 0.6) is 0 Å². The van der Waals surface area contributed by atoms with Crippen LogP contribution in [-0.2, 0) is 9.53 Å². The van der Waals surface area contributed by atoms with Crippen molar-refractivity contribution in [1.29, 1.82) is 10.7 Å². The Morgan fingerprint density at radius 2 is 2.29 bits per heavy atom. The third-order valence-corrected chi connectivity index (χ3v) is 5.60. The van der Waals surface area contributed by atoms with Gasteiger partial charge >= 0.3 is 0 Å². The summed E-state index contributed by atoms with van der Waals surface area (Å²) in [6.45, 7) is 5.74. The van der Waals surface area contributed by atoms with Crippen LogP contribution in [0.25, 0.3) is 0 Å². The van der Waals surface area contributed by atoms with Gasteiger partial charge in [-0.25, -0.2) is 0 Å². The Balaban J connectivity index is 2.43. The van der Waals surface area contributed by atoms with E-state index in [1.807, 2.05) is 24.8 Å². The van der Waals surface area contributed by atoms with Gasteiger partial charge in [0.1, 0.15) is 11.9 Å². The normalized spacial score (nSPS) is 31.5. The van der Waals surface area contributed by atoms with Crippen molar-refractivity contribution in [3.8, 4) is 6.07 Å². The largest absolute Gasteiger partial charge is 0.383 e. The Labute approximate surface area is 128 Å². The number of ketones is 1. The fraction of sp³-hybridized carbons (Fsp3) is 0.667. The van der Waals surface area contributed by atoms with Crippen LogP contribution in [0.3, 0.4) is 0 Å². The first kappa shape index (κ1) is 16.1. The molecule has 1 N–H and O–H groups in total. The molecule has 1 unspecified atom stereocenters. The second-order valence-corrected chi connectivity index (χ2v) is 7.28. The Kier molecular flexibility index (Phi) is 4.24. The number of likely N-dealkylation sites (tertiary alicyclic amines) is 1. The molecule has 0 spiro atoms. The van der Waals surface area contributed by atoms with Crippen LogP contribution in [0.4, 0.5) is 0 Å². The maximum Gasteiger partial charge on any atom is 0.178 e. The number of carbonyl (C=O) groups excluding carboxylic acids is 1. The number of nitriles is 1. The number of carbonyl (C=O) groups is 1. The number of hydrogen-bond donors (Lipinski definition) is 1. The molecule has 0 saturated carbocycles. The monoisotopic (exact) mass is 307 g/mol. The van der Waals surface area contributed by atoms with E-state index in [9.17, 15) is 10.1 Å². The first-order valence-corrected chi connectivity index (χ1v) is 7.66. The molecule has 3 atom stereocenters. The van der Waals surface area contributed by atoms with Gasteiger partial charge in [-0.05, 0) is 18.4 Å². The van der Waals surface area contributed by atoms with Gasteiger partial charge in [-0.1, -0.05) is 13.8 Å². The van der Waals surface area contributed by atoms with Gasteiger partial charge in [0, 0.05) is 25.6 Å². The Hall–Kier alpha value is -1.24. The quantitative estimate of drug-likeness (QED) is 0.804. The molecule has 1 aliphatic heterocycles. The number of fused-ring (bicyclic) bond motifs is 1. The topological polar surface area (TPSA) is 77.2 Å². The lowest BCUT2D eigenvalue weighted by molar-refractivity contribution is -0.127. The van der Waals surface area contributed by atoms with Crippen molar-refractivity contribution in [2.75, 3.05) is 26.8 Å². The van der Waals surface area contributed by atoms with E-state index in [-0.39, 0.29) is 17.3 Å². The van der Waals surface area contributed by atoms with Crippen molar-refractivity contribution in [2.24, 2.45) is 11.3 Å². The molecule has 2 aliphatic rings. The summed E-state index contributed by atoms with van der Waals surface area (Å²) in [4.78, 5) is 14.4. The van der Waals surface area contributed by atoms with Gasteiger partial charge in [0.2, 0.25) is 0 Å². The van der Waals surface area contributed by atoms with Gasteiger partial charge in [0.05, 0.1) is 17.3 Å². The molecular weight excluding hydrogens is 285 g/mol. The van der Waals surface area contributed by atoms with Crippen LogP contribution in [0.1, 0.15) is 20.3 Å². The third kappa shape index (κ3) is 2.41. The van der Waals surface area contributed by atoms with E-state index in [2.05, 4.69) is 9.24 Å². The number of nitrogens with one attached hydrogen (secondary N) is 1. The minimum absolute atomic E-state index is 0.0193. The summed E-state index contributed by atoms with van der Waals surface area (Å²) in [6.07, 6.45) is 2.50. The van der Waals surface area contributed by atoms with E-state index < -0.39 is 10.6 Å². The smallest absolute Gasteiger partial charge is 0.178 e. The van der Waals surface area contributed by atoms with Gasteiger partial charge in [-0.2, -0.15) is 5.26 Å². The summed E-state index contributed by atoms with van der Waals surface area (Å²) in [5.74, 6) is 0.367. The molecule has 0 aromatic heterocycles. The van der Waals surface area contributed by atoms with E-state index in [1.165, 1.54) is 0 Å². The minimum Gasteiger partial charge on any atom is -0.383 e. The standard InChI is InChI=1S/C15H22N3O2P/c1-14(2)11-4-5-18(6-7-20-3)13(17)15(11,21)8-10(9-16)12(14)19/h8,11,17H,4-7,21H2,1-3H3/t11-,15+/m1/s1. The summed E-state index contributed by atoms with van der Waals surface area (Å²) in [7, 11) is 4.37. The summed E-state index contributed by atoms with van der Waals surface area (Å²) < 4.78 is 5.10. The number of allylic oxidation sites excluding steroid dienone is 1. The molecule has 2 rings (SSSR count). The van der Waals surface area contributed by atoms with E-state index >= 15 is 0 Å². The fourth-order valence-electron chi connectivity index (χ4n) is 3.52. The maximum absolute atomic E-state index is 12.4. The van der Waals surface area contributed by atoms with Gasteiger partial charge in [0.15, 0.2) is 5.78 Å². The highest BCUT2D eigenvalue weighted by molar-refractivity contribution is 7.21. The van der Waals surface area contributed by atoms with Crippen molar-refractivity contribution in [3.63, 3.8) is 0 Å². The van der Waals surface area contributed by atoms with Gasteiger partial charge in [-0.3, -0.25) is 10.2 Å². The average Bonchev–Trinajstić information content (AvgIpc) is 2.44. The van der Waals surface area contributed by atoms with Gasteiger partial charge in [-0.15, -0.1) is 9.24 Å². The van der Waals surface area contributed by atoms with Crippen molar-refractivity contribution < 1.29 is 9.53 Å². The second-order valence-electron chi connectivity index (χ2n) is 6.32. The highest BCUT2D eigenvalue weighted by atomic mass is 31.0. The highest BCUT2D eigenvalue weighted by Crippen LogP contribution is 2.52. The zero-order valence-corrected chi connectivity index (χ0v) is 13.9. The van der Waals surface area contributed by atoms with Crippen molar-refractivity contribution in [1.82, 2.24) is 4.90 Å². The van der Waals surface area contributed by atoms with Crippen molar-refractivity contribution in [2.45, 2.75) is 25.4 Å². The summed E-state index contributed by atoms with van der Waals surface area (Å²) in [5, 5.41) is 17.1. The fourth-order valence-corrected chi connectivity index (χ4v) is 4.45. The number of Topliss-reactive ketones (excluding diaryl/α,β-unsaturated/α-hetero) is 1. The van der Waals surface area contributed by atoms with Crippen LogP contribution in [0, 0.1) is 28.1 Å². The number of rotatable bonds is 3. The molecule has 0 aromatic carbocycles. The highest BCUT2D eigenvalue weighted by Gasteiger charge is 2.56. The second kappa shape index (κ2) is 5.51. The average molecular weight is 307 g/mol. The van der Waals surface area contributed by atoms with Crippen LogP contribution in [-0.4, -0.2) is 48.5 Å². The first-order chi connectivity index (χ1) is 9.79. The molecule has 6 heteroatoms. The Morgan fingerprint density at radius 1 is 1.62 bits per heavy atom. The molecule has 1 heterocycles. The number of ether oxygens (including phenoxy) is 1. The summed E-state index contributed by atoms with van der Waals surface area (Å²) >= 11 is 0. The number of methoxy groups -OCH3 is 1. The molecule has 0 bridgehead atoms. The Bertz CT molecular complexity index is 550. The summed E-state index contributed by atoms with van der Waals surface area (Å²) in [6, 6.07) is 2.00. The Morgan fingerprint density at radius 3 is 2.86 bits per heavy atom. The minimum atomic E-state index is -0.644. The van der Waals surface area contributed by atoms with Gasteiger partial charge in [0.25, 0.3) is 0 Å². The third-order valence-electron chi connectivity index (χ3n) is 4.76. The van der Waals surface area contributed by atoms with Crippen LogP contribution in [0.15, 0.2) is 11.6 Å². The van der Waals surface area contributed by atoms with E-state index in [0.29, 0.717) is 19.0 Å². The SMILES string of the molecule is COCCN1CC[C@@H]2C(C)(C)C(=O)C(C#N)=C[C@@]2(P)C1=N. The lowest BCUT2D eigenvalue weighted by atomic mass is 9.60. The molecule has 1 fully saturated rings.